The largest absolute Gasteiger partial charge is 0.309 e. The van der Waals surface area contributed by atoms with E-state index in [9.17, 15) is 0 Å². The van der Waals surface area contributed by atoms with Crippen LogP contribution in [-0.4, -0.2) is 0 Å². The summed E-state index contributed by atoms with van der Waals surface area (Å²) < 4.78 is 2.58. The predicted molar refractivity (Wildman–Crippen MR) is 233 cm³/mol. The number of nitrogens with zero attached hydrogens (tertiary/aromatic N) is 1. The molecule has 0 unspecified atom stereocenters. The fourth-order valence-electron chi connectivity index (χ4n) is 7.82. The third kappa shape index (κ3) is 5.84. The SMILES string of the molecule is c1ccc(-c2cc(-c3ccccc3)cc(-c3ccc(N(c4cccc(-c5cccc6ccccc56)c4)c4cccc5c4sc4ccccc45)cc3)c2)cc1. The number of hydrogen-bond acceptors (Lipinski definition) is 2. The van der Waals surface area contributed by atoms with Gasteiger partial charge in [0.05, 0.1) is 10.4 Å². The minimum atomic E-state index is 1.11. The molecule has 10 rings (SSSR count). The highest BCUT2D eigenvalue weighted by Crippen LogP contribution is 2.46. The Bertz CT molecular complexity index is 2860. The number of fused-ring (bicyclic) bond motifs is 4. The summed E-state index contributed by atoms with van der Waals surface area (Å²) in [4.78, 5) is 2.44. The fourth-order valence-corrected chi connectivity index (χ4v) is 9.02. The van der Waals surface area contributed by atoms with Gasteiger partial charge in [-0.3, -0.25) is 0 Å². The van der Waals surface area contributed by atoms with Gasteiger partial charge in [-0.2, -0.15) is 0 Å². The van der Waals surface area contributed by atoms with Crippen molar-refractivity contribution < 1.29 is 0 Å². The van der Waals surface area contributed by atoms with Crippen molar-refractivity contribution in [1.29, 1.82) is 0 Å². The minimum Gasteiger partial charge on any atom is -0.309 e. The molecule has 0 fully saturated rings. The normalized spacial score (nSPS) is 11.3. The predicted octanol–water partition coefficient (Wildman–Crippen LogP) is 15.3. The molecular formula is C52H35NS. The Morgan fingerprint density at radius 3 is 1.57 bits per heavy atom. The van der Waals surface area contributed by atoms with Crippen LogP contribution in [0, 0.1) is 0 Å². The van der Waals surface area contributed by atoms with Crippen LogP contribution in [0.25, 0.3) is 75.5 Å². The lowest BCUT2D eigenvalue weighted by Crippen LogP contribution is -2.10. The first-order valence-electron chi connectivity index (χ1n) is 18.4. The van der Waals surface area contributed by atoms with Crippen LogP contribution in [-0.2, 0) is 0 Å². The summed E-state index contributed by atoms with van der Waals surface area (Å²) in [7, 11) is 0. The van der Waals surface area contributed by atoms with Crippen LogP contribution in [0.4, 0.5) is 17.1 Å². The van der Waals surface area contributed by atoms with E-state index >= 15 is 0 Å². The van der Waals surface area contributed by atoms with Gasteiger partial charge in [-0.1, -0.05) is 158 Å². The van der Waals surface area contributed by atoms with Crippen molar-refractivity contribution >= 4 is 59.3 Å². The average molecular weight is 706 g/mol. The molecule has 0 saturated carbocycles. The van der Waals surface area contributed by atoms with Gasteiger partial charge in [0.15, 0.2) is 0 Å². The molecule has 2 heteroatoms. The smallest absolute Gasteiger partial charge is 0.0640 e. The van der Waals surface area contributed by atoms with Gasteiger partial charge in [-0.25, -0.2) is 0 Å². The highest BCUT2D eigenvalue weighted by Gasteiger charge is 2.19. The summed E-state index contributed by atoms with van der Waals surface area (Å²) in [6.45, 7) is 0. The number of rotatable bonds is 7. The summed E-state index contributed by atoms with van der Waals surface area (Å²) in [5.74, 6) is 0. The van der Waals surface area contributed by atoms with Crippen LogP contribution in [0.2, 0.25) is 0 Å². The molecule has 0 radical (unpaired) electrons. The van der Waals surface area contributed by atoms with E-state index in [2.05, 4.69) is 217 Å². The first-order valence-corrected chi connectivity index (χ1v) is 19.2. The Hall–Kier alpha value is -6.74. The first-order chi connectivity index (χ1) is 26.8. The molecule has 1 heterocycles. The zero-order valence-electron chi connectivity index (χ0n) is 29.6. The van der Waals surface area contributed by atoms with E-state index in [1.165, 1.54) is 81.1 Å². The lowest BCUT2D eigenvalue weighted by atomic mass is 9.93. The lowest BCUT2D eigenvalue weighted by molar-refractivity contribution is 1.30. The molecule has 0 spiro atoms. The zero-order valence-corrected chi connectivity index (χ0v) is 30.4. The Kier molecular flexibility index (Phi) is 8.09. The quantitative estimate of drug-likeness (QED) is 0.160. The van der Waals surface area contributed by atoms with Crippen LogP contribution >= 0.6 is 11.3 Å². The molecule has 0 saturated heterocycles. The minimum absolute atomic E-state index is 1.11. The van der Waals surface area contributed by atoms with Gasteiger partial charge in [-0.15, -0.1) is 11.3 Å². The van der Waals surface area contributed by atoms with Crippen molar-refractivity contribution in [1.82, 2.24) is 0 Å². The molecule has 0 amide bonds. The Labute approximate surface area is 319 Å². The number of hydrogen-bond donors (Lipinski definition) is 0. The van der Waals surface area contributed by atoms with Gasteiger partial charge in [0.2, 0.25) is 0 Å². The van der Waals surface area contributed by atoms with Gasteiger partial charge >= 0.3 is 0 Å². The van der Waals surface area contributed by atoms with Gasteiger partial charge in [0.25, 0.3) is 0 Å². The first kappa shape index (κ1) is 32.0. The third-order valence-corrected chi connectivity index (χ3v) is 11.6. The second-order valence-electron chi connectivity index (χ2n) is 13.7. The van der Waals surface area contributed by atoms with E-state index < -0.39 is 0 Å². The van der Waals surface area contributed by atoms with E-state index in [0.717, 1.165) is 11.4 Å². The van der Waals surface area contributed by atoms with Crippen LogP contribution < -0.4 is 4.90 Å². The highest BCUT2D eigenvalue weighted by atomic mass is 32.1. The molecule has 0 N–H and O–H groups in total. The molecule has 0 aliphatic rings. The summed E-state index contributed by atoms with van der Waals surface area (Å²) >= 11 is 1.87. The summed E-state index contributed by atoms with van der Waals surface area (Å²) in [5, 5.41) is 5.08. The maximum Gasteiger partial charge on any atom is 0.0640 e. The maximum absolute atomic E-state index is 2.44. The third-order valence-electron chi connectivity index (χ3n) is 10.4. The molecule has 254 valence electrons. The Morgan fingerprint density at radius 2 is 0.852 bits per heavy atom. The fraction of sp³-hybridized carbons (Fsp3) is 0. The number of benzene rings is 9. The van der Waals surface area contributed by atoms with E-state index in [-0.39, 0.29) is 0 Å². The molecule has 1 nitrogen and oxygen atoms in total. The second kappa shape index (κ2) is 13.7. The van der Waals surface area contributed by atoms with Crippen LogP contribution in [0.3, 0.4) is 0 Å². The summed E-state index contributed by atoms with van der Waals surface area (Å²) in [6, 6.07) is 77.2. The van der Waals surface area contributed by atoms with Gasteiger partial charge < -0.3 is 4.90 Å². The van der Waals surface area contributed by atoms with Crippen molar-refractivity contribution in [3.63, 3.8) is 0 Å². The van der Waals surface area contributed by atoms with Gasteiger partial charge in [-0.05, 0) is 110 Å². The lowest BCUT2D eigenvalue weighted by Gasteiger charge is -2.27. The van der Waals surface area contributed by atoms with Gasteiger partial charge in [0, 0.05) is 26.8 Å². The molecular weight excluding hydrogens is 671 g/mol. The molecule has 54 heavy (non-hydrogen) atoms. The average Bonchev–Trinajstić information content (AvgIpc) is 3.64. The molecule has 9 aromatic carbocycles. The second-order valence-corrected chi connectivity index (χ2v) is 14.8. The maximum atomic E-state index is 2.44. The standard InChI is InChI=1S/C52H35NS/c1-3-14-36(15-4-1)41-32-42(37-16-5-2-6-17-37)34-43(33-41)38-28-30-44(31-29-38)53(50-26-13-25-49-48-23-9-10-27-51(48)54-52(49)50)45-21-11-20-40(35-45)47-24-12-19-39-18-7-8-22-46(39)47/h1-35H. The van der Waals surface area contributed by atoms with E-state index in [0.29, 0.717) is 0 Å². The van der Waals surface area contributed by atoms with Crippen LogP contribution in [0.5, 0.6) is 0 Å². The van der Waals surface area contributed by atoms with E-state index in [1.807, 2.05) is 11.3 Å². The van der Waals surface area contributed by atoms with Crippen LogP contribution in [0.1, 0.15) is 0 Å². The number of anilines is 3. The number of thiophene rings is 1. The molecule has 0 aliphatic carbocycles. The molecule has 10 aromatic rings. The molecule has 0 bridgehead atoms. The summed E-state index contributed by atoms with van der Waals surface area (Å²) in [5.41, 5.74) is 13.0. The van der Waals surface area contributed by atoms with Crippen molar-refractivity contribution in [2.24, 2.45) is 0 Å². The van der Waals surface area contributed by atoms with E-state index in [4.69, 9.17) is 0 Å². The Morgan fingerprint density at radius 1 is 0.315 bits per heavy atom. The highest BCUT2D eigenvalue weighted by molar-refractivity contribution is 7.26. The molecule has 1 aromatic heterocycles. The van der Waals surface area contributed by atoms with Crippen LogP contribution in [0.15, 0.2) is 212 Å². The topological polar surface area (TPSA) is 3.24 Å². The molecule has 0 atom stereocenters. The zero-order chi connectivity index (χ0) is 35.8. The monoisotopic (exact) mass is 705 g/mol. The van der Waals surface area contributed by atoms with Crippen molar-refractivity contribution in [3.8, 4) is 44.5 Å². The molecule has 0 aliphatic heterocycles. The van der Waals surface area contributed by atoms with E-state index in [1.54, 1.807) is 0 Å². The summed E-state index contributed by atoms with van der Waals surface area (Å²) in [6.07, 6.45) is 0. The van der Waals surface area contributed by atoms with Crippen molar-refractivity contribution in [2.45, 2.75) is 0 Å². The van der Waals surface area contributed by atoms with Gasteiger partial charge in [0.1, 0.15) is 0 Å². The Balaban J connectivity index is 1.13. The van der Waals surface area contributed by atoms with Crippen molar-refractivity contribution in [2.75, 3.05) is 4.90 Å². The van der Waals surface area contributed by atoms with Crippen molar-refractivity contribution in [3.05, 3.63) is 212 Å².